The molecule has 1 aromatic carbocycles. The smallest absolute Gasteiger partial charge is 0.426 e. The van der Waals surface area contributed by atoms with Crippen LogP contribution in [0.1, 0.15) is 46.6 Å². The highest BCUT2D eigenvalue weighted by atomic mass is 32.5. The number of hydrogen-bond donors (Lipinski definition) is 0. The zero-order valence-electron chi connectivity index (χ0n) is 17.8. The van der Waals surface area contributed by atoms with Crippen LogP contribution < -0.4 is 9.47 Å². The first-order valence-electron chi connectivity index (χ1n) is 9.56. The summed E-state index contributed by atoms with van der Waals surface area (Å²) in [6, 6.07) is 5.60. The number of carbonyl (C=O) groups is 1. The molecule has 29 heavy (non-hydrogen) atoms. The number of nitrogens with zero attached hydrogens (tertiary/aromatic N) is 2. The van der Waals surface area contributed by atoms with E-state index in [2.05, 4.69) is 0 Å². The summed E-state index contributed by atoms with van der Waals surface area (Å²) >= 11 is 6.88. The first-order valence-corrected chi connectivity index (χ1v) is 12.9. The lowest BCUT2D eigenvalue weighted by atomic mass is 10.0. The summed E-state index contributed by atoms with van der Waals surface area (Å²) in [4.78, 5) is 12.8. The van der Waals surface area contributed by atoms with Crippen molar-refractivity contribution in [2.45, 2.75) is 58.6 Å². The van der Waals surface area contributed by atoms with Gasteiger partial charge in [-0.1, -0.05) is 12.1 Å². The van der Waals surface area contributed by atoms with Gasteiger partial charge in [-0.25, -0.2) is 9.10 Å². The number of ether oxygens (including phenoxy) is 2. The molecule has 0 atom stereocenters. The number of amides is 1. The Hall–Kier alpha value is -0.830. The van der Waals surface area contributed by atoms with E-state index in [-0.39, 0.29) is 11.1 Å². The molecule has 7 nitrogen and oxygen atoms in total. The highest BCUT2D eigenvalue weighted by molar-refractivity contribution is 8.15. The second-order valence-corrected chi connectivity index (χ2v) is 13.2. The Morgan fingerprint density at radius 2 is 1.93 bits per heavy atom. The van der Waals surface area contributed by atoms with Gasteiger partial charge in [-0.2, -0.15) is 4.08 Å². The molecule has 10 heteroatoms. The SMILES string of the molecule is CN(SN(C(C)(C)C)P1(=S)OCCCO1)C(=O)Oc1cccc2c1OC(C)(C)C2. The van der Waals surface area contributed by atoms with Gasteiger partial charge in [0.2, 0.25) is 0 Å². The third-order valence-corrected chi connectivity index (χ3v) is 9.76. The molecular weight excluding hydrogens is 431 g/mol. The molecule has 0 aromatic heterocycles. The van der Waals surface area contributed by atoms with Gasteiger partial charge in [0.25, 0.3) is 6.64 Å². The van der Waals surface area contributed by atoms with Crippen molar-refractivity contribution in [3.05, 3.63) is 23.8 Å². The molecular formula is C19H29N2O5PS2. The minimum atomic E-state index is -2.70. The lowest BCUT2D eigenvalue weighted by molar-refractivity contribution is 0.131. The number of fused-ring (bicyclic) bond motifs is 1. The minimum Gasteiger partial charge on any atom is -0.483 e. The molecule has 0 aliphatic carbocycles. The van der Waals surface area contributed by atoms with E-state index in [1.807, 2.05) is 50.8 Å². The van der Waals surface area contributed by atoms with Crippen molar-refractivity contribution < 1.29 is 23.3 Å². The largest absolute Gasteiger partial charge is 0.483 e. The van der Waals surface area contributed by atoms with Crippen molar-refractivity contribution in [3.8, 4) is 11.5 Å². The minimum absolute atomic E-state index is 0.316. The van der Waals surface area contributed by atoms with Crippen molar-refractivity contribution in [1.82, 2.24) is 8.38 Å². The Morgan fingerprint density at radius 1 is 1.28 bits per heavy atom. The summed E-state index contributed by atoms with van der Waals surface area (Å²) in [6.45, 7) is 8.47. The van der Waals surface area contributed by atoms with Gasteiger partial charge in [-0.05, 0) is 58.9 Å². The van der Waals surface area contributed by atoms with E-state index in [0.717, 1.165) is 30.5 Å². The maximum atomic E-state index is 12.8. The molecule has 0 saturated carbocycles. The van der Waals surface area contributed by atoms with E-state index in [4.69, 9.17) is 30.3 Å². The van der Waals surface area contributed by atoms with Crippen LogP contribution in [0.3, 0.4) is 0 Å². The van der Waals surface area contributed by atoms with Gasteiger partial charge in [0, 0.05) is 24.6 Å². The first-order chi connectivity index (χ1) is 13.4. The Labute approximate surface area is 182 Å². The maximum Gasteiger partial charge on any atom is 0.426 e. The number of carbonyl (C=O) groups excluding carboxylic acids is 1. The highest BCUT2D eigenvalue weighted by Crippen LogP contribution is 2.61. The second-order valence-electron chi connectivity index (χ2n) is 8.66. The predicted molar refractivity (Wildman–Crippen MR) is 119 cm³/mol. The molecule has 2 aliphatic rings. The van der Waals surface area contributed by atoms with Crippen molar-refractivity contribution in [1.29, 1.82) is 0 Å². The van der Waals surface area contributed by atoms with Gasteiger partial charge >= 0.3 is 6.09 Å². The van der Waals surface area contributed by atoms with Crippen LogP contribution in [0.5, 0.6) is 11.5 Å². The first kappa shape index (κ1) is 22.8. The van der Waals surface area contributed by atoms with Gasteiger partial charge in [0.15, 0.2) is 11.5 Å². The van der Waals surface area contributed by atoms with Crippen molar-refractivity contribution in [2.24, 2.45) is 0 Å². The van der Waals surface area contributed by atoms with Crippen molar-refractivity contribution >= 4 is 36.7 Å². The van der Waals surface area contributed by atoms with Gasteiger partial charge in [-0.15, -0.1) is 0 Å². The third kappa shape index (κ3) is 5.27. The zero-order valence-corrected chi connectivity index (χ0v) is 20.3. The lowest BCUT2D eigenvalue weighted by Crippen LogP contribution is -2.39. The summed E-state index contributed by atoms with van der Waals surface area (Å²) in [5, 5.41) is 0. The molecule has 0 unspecified atom stereocenters. The van der Waals surface area contributed by atoms with Crippen LogP contribution in [0, 0.1) is 0 Å². The fraction of sp³-hybridized carbons (Fsp3) is 0.632. The normalized spacial score (nSPS) is 20.1. The fourth-order valence-electron chi connectivity index (χ4n) is 3.07. The van der Waals surface area contributed by atoms with E-state index < -0.39 is 12.7 Å². The molecule has 1 fully saturated rings. The number of benzene rings is 1. The molecule has 1 saturated heterocycles. The van der Waals surface area contributed by atoms with Crippen LogP contribution in [0.2, 0.25) is 0 Å². The standard InChI is InChI=1S/C19H29N2O5PS2/c1-18(2,3)21(27(28)23-11-8-12-24-27)29-20(6)17(22)25-15-10-7-9-14-13-19(4,5)26-16(14)15/h7,9-10H,8,11-13H2,1-6H3. The molecule has 162 valence electrons. The average Bonchev–Trinajstić information content (AvgIpc) is 2.94. The van der Waals surface area contributed by atoms with Gasteiger partial charge < -0.3 is 18.5 Å². The third-order valence-electron chi connectivity index (χ3n) is 4.30. The quantitative estimate of drug-likeness (QED) is 0.451. The monoisotopic (exact) mass is 460 g/mol. The maximum absolute atomic E-state index is 12.8. The lowest BCUT2D eigenvalue weighted by Gasteiger charge is -2.43. The Morgan fingerprint density at radius 3 is 2.55 bits per heavy atom. The molecule has 2 heterocycles. The molecule has 2 aliphatic heterocycles. The number of rotatable bonds is 4. The Kier molecular flexibility index (Phi) is 6.59. The Bertz CT molecular complexity index is 817. The number of para-hydroxylation sites is 1. The summed E-state index contributed by atoms with van der Waals surface area (Å²) in [7, 11) is 1.64. The van der Waals surface area contributed by atoms with Gasteiger partial charge in [0.1, 0.15) is 5.60 Å². The van der Waals surface area contributed by atoms with Crippen LogP contribution in [0.25, 0.3) is 0 Å². The highest BCUT2D eigenvalue weighted by Gasteiger charge is 2.41. The van der Waals surface area contributed by atoms with Crippen LogP contribution in [0.4, 0.5) is 4.79 Å². The van der Waals surface area contributed by atoms with E-state index in [1.165, 1.54) is 4.31 Å². The predicted octanol–water partition coefficient (Wildman–Crippen LogP) is 5.16. The average molecular weight is 461 g/mol. The van der Waals surface area contributed by atoms with E-state index >= 15 is 0 Å². The van der Waals surface area contributed by atoms with Gasteiger partial charge in [0.05, 0.1) is 25.3 Å². The van der Waals surface area contributed by atoms with E-state index in [9.17, 15) is 4.79 Å². The van der Waals surface area contributed by atoms with Crippen LogP contribution in [-0.4, -0.2) is 45.9 Å². The fourth-order valence-corrected chi connectivity index (χ4v) is 7.81. The zero-order chi connectivity index (χ0) is 21.4. The Balaban J connectivity index is 1.74. The van der Waals surface area contributed by atoms with Gasteiger partial charge in [-0.3, -0.25) is 0 Å². The van der Waals surface area contributed by atoms with Crippen LogP contribution in [0.15, 0.2) is 18.2 Å². The van der Waals surface area contributed by atoms with E-state index in [1.54, 1.807) is 13.1 Å². The summed E-state index contributed by atoms with van der Waals surface area (Å²) < 4.78 is 26.6. The molecule has 1 amide bonds. The number of hydrogen-bond acceptors (Lipinski definition) is 7. The topological polar surface area (TPSA) is 60.5 Å². The molecule has 0 bridgehead atoms. The van der Waals surface area contributed by atoms with Crippen molar-refractivity contribution in [2.75, 3.05) is 20.3 Å². The molecule has 1 aromatic rings. The van der Waals surface area contributed by atoms with E-state index in [0.29, 0.717) is 24.7 Å². The summed E-state index contributed by atoms with van der Waals surface area (Å²) in [5.41, 5.74) is 0.336. The molecule has 0 radical (unpaired) electrons. The summed E-state index contributed by atoms with van der Waals surface area (Å²) in [5.74, 6) is 1.05. The molecule has 0 spiro atoms. The second kappa shape index (κ2) is 8.36. The molecule has 3 rings (SSSR count). The van der Waals surface area contributed by atoms with Crippen LogP contribution in [-0.2, 0) is 27.3 Å². The molecule has 0 N–H and O–H groups in total. The van der Waals surface area contributed by atoms with Crippen molar-refractivity contribution in [3.63, 3.8) is 0 Å². The summed E-state index contributed by atoms with van der Waals surface area (Å²) in [6.07, 6.45) is 1.06. The van der Waals surface area contributed by atoms with Crippen LogP contribution >= 0.6 is 18.8 Å².